The second kappa shape index (κ2) is 6.11. The van der Waals surface area contributed by atoms with Crippen molar-refractivity contribution in [1.29, 1.82) is 0 Å². The number of carboxylic acid groups (broad SMARTS) is 1. The number of carboxylic acids is 1. The Kier molecular flexibility index (Phi) is 4.02. The second-order valence-electron chi connectivity index (χ2n) is 5.28. The Morgan fingerprint density at radius 3 is 2.73 bits per heavy atom. The summed E-state index contributed by atoms with van der Waals surface area (Å²) in [6, 6.07) is 8.76. The highest BCUT2D eigenvalue weighted by Crippen LogP contribution is 2.23. The van der Waals surface area contributed by atoms with E-state index >= 15 is 0 Å². The molecule has 6 heteroatoms. The lowest BCUT2D eigenvalue weighted by Crippen LogP contribution is -2.44. The van der Waals surface area contributed by atoms with Gasteiger partial charge in [0, 0.05) is 37.8 Å². The minimum Gasteiger partial charge on any atom is -0.478 e. The summed E-state index contributed by atoms with van der Waals surface area (Å²) in [5.41, 5.74) is 1.81. The number of nitrogens with zero attached hydrogens (tertiary/aromatic N) is 3. The van der Waals surface area contributed by atoms with E-state index in [1.54, 1.807) is 18.2 Å². The zero-order chi connectivity index (χ0) is 15.5. The van der Waals surface area contributed by atoms with E-state index in [4.69, 9.17) is 5.11 Å². The molecule has 1 aromatic heterocycles. The molecule has 2 heterocycles. The van der Waals surface area contributed by atoms with Crippen LogP contribution in [0, 0.1) is 6.92 Å². The van der Waals surface area contributed by atoms with Gasteiger partial charge in [0.2, 0.25) is 0 Å². The summed E-state index contributed by atoms with van der Waals surface area (Å²) in [7, 11) is 0. The fourth-order valence-electron chi connectivity index (χ4n) is 2.57. The first-order chi connectivity index (χ1) is 10.6. The number of anilines is 1. The van der Waals surface area contributed by atoms with Crippen LogP contribution >= 0.6 is 0 Å². The van der Waals surface area contributed by atoms with Crippen molar-refractivity contribution in [3.05, 3.63) is 41.7 Å². The van der Waals surface area contributed by atoms with E-state index in [2.05, 4.69) is 20.2 Å². The molecule has 2 aromatic rings. The number of aromatic carboxylic acids is 1. The van der Waals surface area contributed by atoms with E-state index in [0.29, 0.717) is 5.82 Å². The van der Waals surface area contributed by atoms with Crippen molar-refractivity contribution >= 4 is 11.8 Å². The summed E-state index contributed by atoms with van der Waals surface area (Å²) in [5.74, 6) is 0.645. The Morgan fingerprint density at radius 2 is 2.00 bits per heavy atom. The van der Waals surface area contributed by atoms with E-state index in [9.17, 15) is 4.79 Å². The van der Waals surface area contributed by atoms with Crippen LogP contribution in [0.1, 0.15) is 16.2 Å². The third-order valence-corrected chi connectivity index (χ3v) is 3.67. The maximum Gasteiger partial charge on any atom is 0.335 e. The van der Waals surface area contributed by atoms with Gasteiger partial charge in [0.05, 0.1) is 11.3 Å². The number of benzene rings is 1. The maximum absolute atomic E-state index is 11.1. The van der Waals surface area contributed by atoms with Crippen LogP contribution in [-0.4, -0.2) is 47.2 Å². The SMILES string of the molecule is Cc1nc(-c2cccc(C(=O)O)c2)cc(N2CCNCC2)n1. The highest BCUT2D eigenvalue weighted by molar-refractivity contribution is 5.89. The van der Waals surface area contributed by atoms with Crippen molar-refractivity contribution in [2.45, 2.75) is 6.92 Å². The van der Waals surface area contributed by atoms with Crippen LogP contribution < -0.4 is 10.2 Å². The molecule has 6 nitrogen and oxygen atoms in total. The summed E-state index contributed by atoms with van der Waals surface area (Å²) >= 11 is 0. The molecule has 2 N–H and O–H groups in total. The van der Waals surface area contributed by atoms with E-state index < -0.39 is 5.97 Å². The van der Waals surface area contributed by atoms with Gasteiger partial charge >= 0.3 is 5.97 Å². The Balaban J connectivity index is 1.98. The number of rotatable bonds is 3. The molecule has 0 atom stereocenters. The summed E-state index contributed by atoms with van der Waals surface area (Å²) in [6.07, 6.45) is 0. The van der Waals surface area contributed by atoms with E-state index in [1.165, 1.54) is 0 Å². The number of carbonyl (C=O) groups is 1. The first-order valence-electron chi connectivity index (χ1n) is 7.28. The zero-order valence-electron chi connectivity index (χ0n) is 12.4. The second-order valence-corrected chi connectivity index (χ2v) is 5.28. The predicted octanol–water partition coefficient (Wildman–Crippen LogP) is 1.56. The van der Waals surface area contributed by atoms with Gasteiger partial charge in [-0.25, -0.2) is 14.8 Å². The fraction of sp³-hybridized carbons (Fsp3) is 0.312. The maximum atomic E-state index is 11.1. The van der Waals surface area contributed by atoms with Crippen LogP contribution in [0.5, 0.6) is 0 Å². The van der Waals surface area contributed by atoms with Crippen LogP contribution in [0.15, 0.2) is 30.3 Å². The number of hydrogen-bond donors (Lipinski definition) is 2. The highest BCUT2D eigenvalue weighted by Gasteiger charge is 2.14. The third kappa shape index (κ3) is 3.07. The lowest BCUT2D eigenvalue weighted by atomic mass is 10.1. The molecule has 0 amide bonds. The molecule has 0 bridgehead atoms. The topological polar surface area (TPSA) is 78.3 Å². The molecule has 0 saturated carbocycles. The Morgan fingerprint density at radius 1 is 1.23 bits per heavy atom. The molecule has 3 rings (SSSR count). The normalized spacial score (nSPS) is 14.9. The molecule has 0 unspecified atom stereocenters. The van der Waals surface area contributed by atoms with Crippen molar-refractivity contribution < 1.29 is 9.90 Å². The average molecular weight is 298 g/mol. The van der Waals surface area contributed by atoms with Crippen LogP contribution in [0.25, 0.3) is 11.3 Å². The van der Waals surface area contributed by atoms with Gasteiger partial charge in [0.25, 0.3) is 0 Å². The molecule has 114 valence electrons. The first-order valence-corrected chi connectivity index (χ1v) is 7.28. The standard InChI is InChI=1S/C16H18N4O2/c1-11-18-14(12-3-2-4-13(9-12)16(21)22)10-15(19-11)20-7-5-17-6-8-20/h2-4,9-10,17H,5-8H2,1H3,(H,21,22). The minimum absolute atomic E-state index is 0.262. The number of piperazine rings is 1. The molecule has 0 aliphatic carbocycles. The van der Waals surface area contributed by atoms with E-state index in [0.717, 1.165) is 43.3 Å². The van der Waals surface area contributed by atoms with Gasteiger partial charge in [-0.3, -0.25) is 0 Å². The van der Waals surface area contributed by atoms with Crippen molar-refractivity contribution in [3.8, 4) is 11.3 Å². The van der Waals surface area contributed by atoms with E-state index in [1.807, 2.05) is 19.1 Å². The summed E-state index contributed by atoms with van der Waals surface area (Å²) < 4.78 is 0. The molecule has 1 fully saturated rings. The molecule has 1 aliphatic heterocycles. The minimum atomic E-state index is -0.935. The number of hydrogen-bond acceptors (Lipinski definition) is 5. The smallest absolute Gasteiger partial charge is 0.335 e. The summed E-state index contributed by atoms with van der Waals surface area (Å²) in [6.45, 7) is 5.55. The number of nitrogens with one attached hydrogen (secondary N) is 1. The predicted molar refractivity (Wildman–Crippen MR) is 84.2 cm³/mol. The monoisotopic (exact) mass is 298 g/mol. The molecule has 1 saturated heterocycles. The largest absolute Gasteiger partial charge is 0.478 e. The van der Waals surface area contributed by atoms with Crippen molar-refractivity contribution in [1.82, 2.24) is 15.3 Å². The Labute approximate surface area is 128 Å². The summed E-state index contributed by atoms with van der Waals surface area (Å²) in [4.78, 5) is 22.3. The molecule has 0 radical (unpaired) electrons. The molecular formula is C16H18N4O2. The van der Waals surface area contributed by atoms with E-state index in [-0.39, 0.29) is 5.56 Å². The van der Waals surface area contributed by atoms with Gasteiger partial charge in [-0.15, -0.1) is 0 Å². The number of aryl methyl sites for hydroxylation is 1. The molecule has 1 aliphatic rings. The molecule has 1 aromatic carbocycles. The number of aromatic nitrogens is 2. The Hall–Kier alpha value is -2.47. The van der Waals surface area contributed by atoms with Crippen LogP contribution in [0.4, 0.5) is 5.82 Å². The van der Waals surface area contributed by atoms with Crippen LogP contribution in [0.3, 0.4) is 0 Å². The third-order valence-electron chi connectivity index (χ3n) is 3.67. The van der Waals surface area contributed by atoms with Gasteiger partial charge in [-0.2, -0.15) is 0 Å². The Bertz CT molecular complexity index is 696. The fourth-order valence-corrected chi connectivity index (χ4v) is 2.57. The van der Waals surface area contributed by atoms with Gasteiger partial charge in [-0.1, -0.05) is 12.1 Å². The van der Waals surface area contributed by atoms with Gasteiger partial charge in [0.1, 0.15) is 11.6 Å². The molecular weight excluding hydrogens is 280 g/mol. The van der Waals surface area contributed by atoms with Gasteiger partial charge in [0.15, 0.2) is 0 Å². The van der Waals surface area contributed by atoms with Crippen molar-refractivity contribution in [2.75, 3.05) is 31.1 Å². The summed E-state index contributed by atoms with van der Waals surface area (Å²) in [5, 5.41) is 12.4. The molecule has 22 heavy (non-hydrogen) atoms. The highest BCUT2D eigenvalue weighted by atomic mass is 16.4. The zero-order valence-corrected chi connectivity index (χ0v) is 12.4. The average Bonchev–Trinajstić information content (AvgIpc) is 2.55. The molecule has 0 spiro atoms. The van der Waals surface area contributed by atoms with Crippen molar-refractivity contribution in [3.63, 3.8) is 0 Å². The first kappa shape index (κ1) is 14.5. The van der Waals surface area contributed by atoms with Gasteiger partial charge in [-0.05, 0) is 19.1 Å². The lowest BCUT2D eigenvalue weighted by Gasteiger charge is -2.28. The van der Waals surface area contributed by atoms with Crippen LogP contribution in [-0.2, 0) is 0 Å². The van der Waals surface area contributed by atoms with Crippen LogP contribution in [0.2, 0.25) is 0 Å². The lowest BCUT2D eigenvalue weighted by molar-refractivity contribution is 0.0697. The van der Waals surface area contributed by atoms with Crippen molar-refractivity contribution in [2.24, 2.45) is 0 Å². The van der Waals surface area contributed by atoms with Gasteiger partial charge < -0.3 is 15.3 Å². The quantitative estimate of drug-likeness (QED) is 0.895.